The summed E-state index contributed by atoms with van der Waals surface area (Å²) in [6.45, 7) is 0.383. The maximum Gasteiger partial charge on any atom is 0.369 e. The van der Waals surface area contributed by atoms with Gasteiger partial charge in [-0.1, -0.05) is 23.4 Å². The van der Waals surface area contributed by atoms with Gasteiger partial charge in [0.1, 0.15) is 0 Å². The zero-order valence-corrected chi connectivity index (χ0v) is 18.8. The summed E-state index contributed by atoms with van der Waals surface area (Å²) in [7, 11) is -20.2. The summed E-state index contributed by atoms with van der Waals surface area (Å²) in [6.07, 6.45) is 0. The molecule has 0 amide bonds. The molecule has 1 aromatic rings. The third-order valence-electron chi connectivity index (χ3n) is 2.73. The van der Waals surface area contributed by atoms with Crippen molar-refractivity contribution in [2.75, 3.05) is 0 Å². The van der Waals surface area contributed by atoms with Crippen LogP contribution in [0, 0.1) is 0 Å². The first-order chi connectivity index (χ1) is 12.1. The molecule has 0 fully saturated rings. The molecule has 0 saturated heterocycles. The van der Waals surface area contributed by atoms with Crippen molar-refractivity contribution in [2.24, 2.45) is 0 Å². The van der Waals surface area contributed by atoms with Crippen molar-refractivity contribution in [2.45, 2.75) is 21.6 Å². The molecule has 0 aliphatic carbocycles. The Morgan fingerprint density at radius 3 is 1.36 bits per heavy atom. The van der Waals surface area contributed by atoms with Gasteiger partial charge in [0.25, 0.3) is 5.08 Å². The maximum absolute atomic E-state index is 11.0. The van der Waals surface area contributed by atoms with E-state index in [0.29, 0.717) is 28.6 Å². The second-order valence-electron chi connectivity index (χ2n) is 5.14. The van der Waals surface area contributed by atoms with Crippen molar-refractivity contribution in [3.8, 4) is 0 Å². The van der Waals surface area contributed by atoms with Crippen molar-refractivity contribution in [3.05, 3.63) is 29.3 Å². The predicted octanol–water partition coefficient (Wildman–Crippen LogP) is 1.08. The molecule has 1 aromatic carbocycles. The number of halogens is 1. The molecular weight excluding hydrogens is 508 g/mol. The minimum atomic E-state index is -5.20. The Kier molecular flexibility index (Phi) is 9.85. The summed E-state index contributed by atoms with van der Waals surface area (Å²) in [5.41, 5.74) is 0. The van der Waals surface area contributed by atoms with Crippen LogP contribution in [0.5, 0.6) is 0 Å². The lowest BCUT2D eigenvalue weighted by atomic mass is 10.4. The molecule has 28 heavy (non-hydrogen) atoms. The second kappa shape index (κ2) is 9.70. The van der Waals surface area contributed by atoms with Crippen LogP contribution in [0.4, 0.5) is 0 Å². The van der Waals surface area contributed by atoms with Gasteiger partial charge in [-0.3, -0.25) is 18.3 Å². The zero-order chi connectivity index (χ0) is 22.8. The first-order valence-electron chi connectivity index (χ1n) is 6.47. The van der Waals surface area contributed by atoms with Crippen molar-refractivity contribution < 1.29 is 62.5 Å². The average Bonchev–Trinajstić information content (AvgIpc) is 2.42. The molecule has 0 unspecified atom stereocenters. The van der Waals surface area contributed by atoms with E-state index in [0.717, 1.165) is 0 Å². The van der Waals surface area contributed by atoms with E-state index in [1.807, 2.05) is 0 Å². The highest BCUT2D eigenvalue weighted by molar-refractivity contribution is 8.12. The molecule has 164 valence electrons. The Labute approximate surface area is 167 Å². The Morgan fingerprint density at radius 1 is 0.821 bits per heavy atom. The van der Waals surface area contributed by atoms with E-state index in [9.17, 15) is 18.3 Å². The van der Waals surface area contributed by atoms with Crippen LogP contribution >= 0.6 is 53.7 Å². The summed E-state index contributed by atoms with van der Waals surface area (Å²) in [6, 6.07) is 5.76. The Hall–Kier alpha value is 0.420. The van der Waals surface area contributed by atoms with Crippen molar-refractivity contribution in [1.29, 1.82) is 0 Å². The predicted molar refractivity (Wildman–Crippen MR) is 99.9 cm³/mol. The van der Waals surface area contributed by atoms with Gasteiger partial charge in [0.15, 0.2) is 0 Å². The lowest BCUT2D eigenvalue weighted by Gasteiger charge is -2.24. The first kappa shape index (κ1) is 28.4. The standard InChI is InChI=1S/C7H9ClO6P2S.C2H8O7P2/c8-5-1-3-6(4-2-5)17-7(15(9,10)11)16(12,13)14;1-2(3,10(4,5)6)11(7,8)9/h1-4,7H,(H2,9,10,11)(H2,12,13,14);3H,1H3,(H2,4,5,6)(H2,7,8,9). The van der Waals surface area contributed by atoms with Crippen LogP contribution in [0.15, 0.2) is 29.2 Å². The van der Waals surface area contributed by atoms with Crippen LogP contribution in [0.3, 0.4) is 0 Å². The molecule has 0 bridgehead atoms. The van der Waals surface area contributed by atoms with E-state index in [2.05, 4.69) is 0 Å². The zero-order valence-electron chi connectivity index (χ0n) is 13.6. The second-order valence-corrected chi connectivity index (χ2v) is 15.5. The van der Waals surface area contributed by atoms with E-state index in [1.165, 1.54) is 24.3 Å². The maximum atomic E-state index is 11.0. The molecule has 0 spiro atoms. The van der Waals surface area contributed by atoms with Gasteiger partial charge in [-0.25, -0.2) is 0 Å². The van der Waals surface area contributed by atoms with Crippen LogP contribution in [-0.4, -0.2) is 54.1 Å². The fourth-order valence-corrected chi connectivity index (χ4v) is 6.55. The van der Waals surface area contributed by atoms with Gasteiger partial charge in [0, 0.05) is 9.92 Å². The molecule has 0 aliphatic rings. The SMILES string of the molecule is CC(O)(P(=O)(O)O)P(=O)(O)O.O=P(O)(O)C(Sc1ccc(Cl)cc1)P(=O)(O)O. The van der Waals surface area contributed by atoms with E-state index in [1.54, 1.807) is 0 Å². The molecule has 0 aromatic heterocycles. The van der Waals surface area contributed by atoms with E-state index >= 15 is 0 Å². The topological polar surface area (TPSA) is 250 Å². The molecule has 1 rings (SSSR count). The number of rotatable bonds is 6. The summed E-state index contributed by atoms with van der Waals surface area (Å²) in [4.78, 5) is 68.9. The molecule has 9 N–H and O–H groups in total. The lowest BCUT2D eigenvalue weighted by Crippen LogP contribution is -2.23. The third kappa shape index (κ3) is 8.65. The van der Waals surface area contributed by atoms with E-state index in [-0.39, 0.29) is 0 Å². The summed E-state index contributed by atoms with van der Waals surface area (Å²) in [5, 5.41) is 5.78. The van der Waals surface area contributed by atoms with E-state index < -0.39 is 40.2 Å². The van der Waals surface area contributed by atoms with Crippen LogP contribution < -0.4 is 0 Å². The normalized spacial score (nSPS) is 13.9. The van der Waals surface area contributed by atoms with E-state index in [4.69, 9.17) is 55.9 Å². The van der Waals surface area contributed by atoms with Gasteiger partial charge in [-0.2, -0.15) is 0 Å². The molecule has 0 radical (unpaired) electrons. The molecule has 19 heteroatoms. The highest BCUT2D eigenvalue weighted by atomic mass is 35.5. The quantitative estimate of drug-likeness (QED) is 0.186. The van der Waals surface area contributed by atoms with Gasteiger partial charge in [-0.05, 0) is 31.2 Å². The molecule has 13 nitrogen and oxygen atoms in total. The third-order valence-corrected chi connectivity index (χ3v) is 12.7. The van der Waals surface area contributed by atoms with Crippen LogP contribution in [0.1, 0.15) is 6.92 Å². The molecular formula is C9H17ClO13P4S. The smallest absolute Gasteiger partial charge is 0.368 e. The first-order valence-corrected chi connectivity index (χ1v) is 14.3. The van der Waals surface area contributed by atoms with Crippen molar-refractivity contribution in [3.63, 3.8) is 0 Å². The number of aliphatic hydroxyl groups is 1. The molecule has 0 heterocycles. The summed E-state index contributed by atoms with van der Waals surface area (Å²) in [5.74, 6) is 0. The van der Waals surface area contributed by atoms with Gasteiger partial charge in [-0.15, -0.1) is 0 Å². The minimum absolute atomic E-state index is 0.311. The van der Waals surface area contributed by atoms with Crippen LogP contribution in [-0.2, 0) is 18.3 Å². The highest BCUT2D eigenvalue weighted by Gasteiger charge is 2.55. The fourth-order valence-electron chi connectivity index (χ4n) is 1.14. The number of hydrogen-bond donors (Lipinski definition) is 9. The highest BCUT2D eigenvalue weighted by Crippen LogP contribution is 2.67. The fraction of sp³-hybridized carbons (Fsp3) is 0.333. The number of thioether (sulfide) groups is 1. The molecule has 0 saturated carbocycles. The van der Waals surface area contributed by atoms with Crippen LogP contribution in [0.25, 0.3) is 0 Å². The number of hydrogen-bond acceptors (Lipinski definition) is 6. The Bertz CT molecular complexity index is 803. The van der Waals surface area contributed by atoms with Crippen LogP contribution in [0.2, 0.25) is 5.02 Å². The molecule has 0 atom stereocenters. The van der Waals surface area contributed by atoms with Gasteiger partial charge in [0.2, 0.25) is 4.73 Å². The Balaban J connectivity index is 0.000000576. The monoisotopic (exact) mass is 524 g/mol. The average molecular weight is 525 g/mol. The Morgan fingerprint density at radius 2 is 1.14 bits per heavy atom. The van der Waals surface area contributed by atoms with Gasteiger partial charge < -0.3 is 44.3 Å². The van der Waals surface area contributed by atoms with Crippen molar-refractivity contribution >= 4 is 53.7 Å². The van der Waals surface area contributed by atoms with Gasteiger partial charge >= 0.3 is 30.4 Å². The van der Waals surface area contributed by atoms with Gasteiger partial charge in [0.05, 0.1) is 0 Å². The largest absolute Gasteiger partial charge is 0.369 e. The summed E-state index contributed by atoms with van der Waals surface area (Å²) < 4.78 is 40.4. The summed E-state index contributed by atoms with van der Waals surface area (Å²) >= 11 is 6.04. The molecule has 0 aliphatic heterocycles. The lowest BCUT2D eigenvalue weighted by molar-refractivity contribution is 0.146. The minimum Gasteiger partial charge on any atom is -0.368 e. The number of benzene rings is 1. The van der Waals surface area contributed by atoms with Crippen molar-refractivity contribution in [1.82, 2.24) is 0 Å².